The molecular formula is C24H26ClF3N4O3. The number of ether oxygens (including phenoxy) is 1. The summed E-state index contributed by atoms with van der Waals surface area (Å²) in [6.07, 6.45) is 0.104. The minimum atomic E-state index is -4.63. The molecule has 0 aliphatic carbocycles. The molecule has 188 valence electrons. The number of benzene rings is 1. The number of hydrogen-bond acceptors (Lipinski definition) is 5. The van der Waals surface area contributed by atoms with E-state index in [1.165, 1.54) is 26.1 Å². The van der Waals surface area contributed by atoms with Gasteiger partial charge >= 0.3 is 6.18 Å². The lowest BCUT2D eigenvalue weighted by molar-refractivity contribution is -0.137. The molecule has 2 bridgehead atoms. The van der Waals surface area contributed by atoms with Gasteiger partial charge in [-0.3, -0.25) is 9.59 Å². The lowest BCUT2D eigenvalue weighted by Crippen LogP contribution is -2.55. The highest BCUT2D eigenvalue weighted by Gasteiger charge is 2.43. The molecule has 0 radical (unpaired) electrons. The Hall–Kier alpha value is -3.01. The Kier molecular flexibility index (Phi) is 6.61. The van der Waals surface area contributed by atoms with E-state index in [1.807, 2.05) is 0 Å². The van der Waals surface area contributed by atoms with E-state index in [2.05, 4.69) is 15.2 Å². The zero-order chi connectivity index (χ0) is 25.5. The van der Waals surface area contributed by atoms with Gasteiger partial charge in [0.05, 0.1) is 16.1 Å². The average molecular weight is 511 g/mol. The third-order valence-corrected chi connectivity index (χ3v) is 6.86. The van der Waals surface area contributed by atoms with Gasteiger partial charge in [-0.05, 0) is 69.9 Å². The molecule has 11 heteroatoms. The summed E-state index contributed by atoms with van der Waals surface area (Å²) < 4.78 is 45.2. The number of pyridine rings is 1. The summed E-state index contributed by atoms with van der Waals surface area (Å²) >= 11 is 5.67. The number of alkyl halides is 3. The molecule has 2 aromatic rings. The molecule has 3 N–H and O–H groups in total. The van der Waals surface area contributed by atoms with Crippen molar-refractivity contribution in [2.24, 2.45) is 5.73 Å². The SMILES string of the molecule is CC(C)(Oc1ccc(Cl)c(C(F)(F)F)c1)C(=O)NC1C[C@H]2CC[C@@H](C1)N2c1ccc(C(N)=O)cn1. The highest BCUT2D eigenvalue weighted by Crippen LogP contribution is 2.39. The van der Waals surface area contributed by atoms with Crippen molar-refractivity contribution in [1.29, 1.82) is 0 Å². The Bertz CT molecular complexity index is 1110. The Morgan fingerprint density at radius 1 is 1.14 bits per heavy atom. The molecule has 3 atom stereocenters. The van der Waals surface area contributed by atoms with Gasteiger partial charge in [0.2, 0.25) is 5.91 Å². The highest BCUT2D eigenvalue weighted by atomic mass is 35.5. The second-order valence-corrected chi connectivity index (χ2v) is 9.86. The molecule has 3 heterocycles. The number of hydrogen-bond donors (Lipinski definition) is 2. The van der Waals surface area contributed by atoms with Gasteiger partial charge in [-0.1, -0.05) is 11.6 Å². The van der Waals surface area contributed by atoms with E-state index < -0.39 is 34.2 Å². The maximum atomic E-state index is 13.2. The minimum Gasteiger partial charge on any atom is -0.478 e. The fourth-order valence-corrected chi connectivity index (χ4v) is 5.06. The topological polar surface area (TPSA) is 97.5 Å². The van der Waals surface area contributed by atoms with Crippen LogP contribution in [0.5, 0.6) is 5.75 Å². The van der Waals surface area contributed by atoms with Crippen LogP contribution in [-0.2, 0) is 11.0 Å². The summed E-state index contributed by atoms with van der Waals surface area (Å²) in [7, 11) is 0. The van der Waals surface area contributed by atoms with E-state index in [0.717, 1.165) is 30.8 Å². The molecule has 2 saturated heterocycles. The van der Waals surface area contributed by atoms with Crippen molar-refractivity contribution < 1.29 is 27.5 Å². The number of primary amides is 1. The van der Waals surface area contributed by atoms with Crippen LogP contribution < -0.4 is 20.7 Å². The molecule has 4 rings (SSSR count). The van der Waals surface area contributed by atoms with Crippen LogP contribution in [0.15, 0.2) is 36.5 Å². The first-order valence-electron chi connectivity index (χ1n) is 11.3. The summed E-state index contributed by atoms with van der Waals surface area (Å²) in [4.78, 5) is 30.9. The summed E-state index contributed by atoms with van der Waals surface area (Å²) in [6, 6.07) is 6.86. The molecule has 1 unspecified atom stereocenters. The zero-order valence-electron chi connectivity index (χ0n) is 19.2. The molecule has 35 heavy (non-hydrogen) atoms. The molecule has 2 aliphatic rings. The predicted molar refractivity (Wildman–Crippen MR) is 124 cm³/mol. The minimum absolute atomic E-state index is 0.0951. The third kappa shape index (κ3) is 5.32. The second-order valence-electron chi connectivity index (χ2n) is 9.46. The van der Waals surface area contributed by atoms with Gasteiger partial charge in [0.25, 0.3) is 5.91 Å². The van der Waals surface area contributed by atoms with Crippen LogP contribution in [0.25, 0.3) is 0 Å². The molecular weight excluding hydrogens is 485 g/mol. The van der Waals surface area contributed by atoms with Gasteiger partial charge in [-0.15, -0.1) is 0 Å². The number of carbonyl (C=O) groups excluding carboxylic acids is 2. The zero-order valence-corrected chi connectivity index (χ0v) is 20.0. The first kappa shape index (κ1) is 25.1. The van der Waals surface area contributed by atoms with Gasteiger partial charge < -0.3 is 20.7 Å². The van der Waals surface area contributed by atoms with Crippen molar-refractivity contribution in [2.75, 3.05) is 4.90 Å². The average Bonchev–Trinajstić information content (AvgIpc) is 3.04. The van der Waals surface area contributed by atoms with E-state index in [-0.39, 0.29) is 23.9 Å². The Balaban J connectivity index is 1.40. The second kappa shape index (κ2) is 9.22. The van der Waals surface area contributed by atoms with Crippen LogP contribution in [0.2, 0.25) is 5.02 Å². The number of aromatic nitrogens is 1. The summed E-state index contributed by atoms with van der Waals surface area (Å²) in [5, 5.41) is 2.58. The monoisotopic (exact) mass is 510 g/mol. The number of piperidine rings is 1. The van der Waals surface area contributed by atoms with Crippen molar-refractivity contribution in [1.82, 2.24) is 10.3 Å². The molecule has 2 aliphatic heterocycles. The van der Waals surface area contributed by atoms with Crippen LogP contribution in [0.3, 0.4) is 0 Å². The number of nitrogens with one attached hydrogen (secondary N) is 1. The largest absolute Gasteiger partial charge is 0.478 e. The third-order valence-electron chi connectivity index (χ3n) is 6.53. The Labute approximate surface area is 205 Å². The van der Waals surface area contributed by atoms with Crippen LogP contribution >= 0.6 is 11.6 Å². The highest BCUT2D eigenvalue weighted by molar-refractivity contribution is 6.31. The first-order valence-corrected chi connectivity index (χ1v) is 11.6. The summed E-state index contributed by atoms with van der Waals surface area (Å²) in [5.74, 6) is -0.282. The van der Waals surface area contributed by atoms with E-state index in [9.17, 15) is 22.8 Å². The molecule has 7 nitrogen and oxygen atoms in total. The van der Waals surface area contributed by atoms with Crippen LogP contribution in [0.1, 0.15) is 55.5 Å². The van der Waals surface area contributed by atoms with Gasteiger partial charge in [0.15, 0.2) is 5.60 Å². The number of halogens is 4. The maximum absolute atomic E-state index is 13.2. The van der Waals surface area contributed by atoms with E-state index in [1.54, 1.807) is 12.1 Å². The number of nitrogens with two attached hydrogens (primary N) is 1. The van der Waals surface area contributed by atoms with Crippen molar-refractivity contribution in [3.8, 4) is 5.75 Å². The van der Waals surface area contributed by atoms with Crippen LogP contribution in [0, 0.1) is 0 Å². The Morgan fingerprint density at radius 3 is 2.34 bits per heavy atom. The number of fused-ring (bicyclic) bond motifs is 2. The van der Waals surface area contributed by atoms with Gasteiger partial charge in [0.1, 0.15) is 11.6 Å². The summed E-state index contributed by atoms with van der Waals surface area (Å²) in [6.45, 7) is 3.02. The quantitative estimate of drug-likeness (QED) is 0.603. The fraction of sp³-hybridized carbons (Fsp3) is 0.458. The van der Waals surface area contributed by atoms with Crippen molar-refractivity contribution in [2.45, 2.75) is 69.4 Å². The molecule has 1 aromatic carbocycles. The summed E-state index contributed by atoms with van der Waals surface area (Å²) in [5.41, 5.74) is 3.21. The van der Waals surface area contributed by atoms with Gasteiger partial charge in [-0.25, -0.2) is 4.98 Å². The first-order chi connectivity index (χ1) is 16.3. The maximum Gasteiger partial charge on any atom is 0.417 e. The standard InChI is InChI=1S/C24H26ClF3N4O3/c1-23(2,35-17-6-7-19(25)18(11-17)24(26,27)28)22(34)31-14-9-15-4-5-16(10-14)32(15)20-8-3-13(12-30-20)21(29)33/h3,6-8,11-12,14-16H,4-5,9-10H2,1-2H3,(H2,29,33)(H,31,34)/t14?,15-,16+. The number of rotatable bonds is 6. The van der Waals surface area contributed by atoms with Gasteiger partial charge in [-0.2, -0.15) is 13.2 Å². The Morgan fingerprint density at radius 2 is 1.80 bits per heavy atom. The smallest absolute Gasteiger partial charge is 0.417 e. The lowest BCUT2D eigenvalue weighted by Gasteiger charge is -2.40. The predicted octanol–water partition coefficient (Wildman–Crippen LogP) is 4.33. The molecule has 1 aromatic heterocycles. The van der Waals surface area contributed by atoms with Gasteiger partial charge in [0, 0.05) is 24.3 Å². The number of anilines is 1. The van der Waals surface area contributed by atoms with Crippen molar-refractivity contribution in [3.63, 3.8) is 0 Å². The molecule has 0 spiro atoms. The number of carbonyl (C=O) groups is 2. The van der Waals surface area contributed by atoms with E-state index >= 15 is 0 Å². The van der Waals surface area contributed by atoms with Crippen molar-refractivity contribution >= 4 is 29.2 Å². The van der Waals surface area contributed by atoms with Crippen LogP contribution in [-0.4, -0.2) is 40.5 Å². The van der Waals surface area contributed by atoms with Crippen molar-refractivity contribution in [3.05, 3.63) is 52.7 Å². The molecule has 0 saturated carbocycles. The number of nitrogens with zero attached hydrogens (tertiary/aromatic N) is 2. The van der Waals surface area contributed by atoms with E-state index in [4.69, 9.17) is 22.1 Å². The normalized spacial score (nSPS) is 22.1. The fourth-order valence-electron chi connectivity index (χ4n) is 4.84. The lowest BCUT2D eigenvalue weighted by atomic mass is 9.96. The molecule has 2 fully saturated rings. The van der Waals surface area contributed by atoms with Crippen LogP contribution in [0.4, 0.5) is 19.0 Å². The molecule has 2 amide bonds. The number of amides is 2. The van der Waals surface area contributed by atoms with E-state index in [0.29, 0.717) is 18.4 Å².